The van der Waals surface area contributed by atoms with Gasteiger partial charge in [0.1, 0.15) is 0 Å². The Kier molecular flexibility index (Phi) is 4.53. The first-order chi connectivity index (χ1) is 9.50. The zero-order chi connectivity index (χ0) is 14.7. The molecule has 0 saturated carbocycles. The molecular formula is C16H26N4. The number of fused-ring (bicyclic) bond motifs is 1. The minimum Gasteiger partial charge on any atom is -0.366 e. The molecule has 0 aliphatic carbocycles. The van der Waals surface area contributed by atoms with Gasteiger partial charge in [0.2, 0.25) is 0 Å². The number of guanidine groups is 1. The maximum absolute atomic E-state index is 4.72. The summed E-state index contributed by atoms with van der Waals surface area (Å²) < 4.78 is 0. The molecule has 0 fully saturated rings. The van der Waals surface area contributed by atoms with Crippen LogP contribution in [-0.4, -0.2) is 63.1 Å². The van der Waals surface area contributed by atoms with Crippen LogP contribution in [0.4, 0.5) is 5.69 Å². The first kappa shape index (κ1) is 14.7. The lowest BCUT2D eigenvalue weighted by Crippen LogP contribution is -2.37. The first-order valence-corrected chi connectivity index (χ1v) is 7.24. The van der Waals surface area contributed by atoms with Crippen molar-refractivity contribution in [2.24, 2.45) is 4.99 Å². The fourth-order valence-electron chi connectivity index (χ4n) is 2.91. The molecule has 1 aromatic carbocycles. The van der Waals surface area contributed by atoms with Crippen LogP contribution in [0.1, 0.15) is 12.5 Å². The topological polar surface area (TPSA) is 22.1 Å². The van der Waals surface area contributed by atoms with Gasteiger partial charge >= 0.3 is 0 Å². The SMILES string of the molecule is CC1Cc2ccccc2N1CCN=C(N(C)C)N(C)C. The van der Waals surface area contributed by atoms with E-state index in [0.717, 1.165) is 25.5 Å². The predicted octanol–water partition coefficient (Wildman–Crippen LogP) is 1.92. The van der Waals surface area contributed by atoms with E-state index < -0.39 is 0 Å². The van der Waals surface area contributed by atoms with E-state index in [-0.39, 0.29) is 0 Å². The highest BCUT2D eigenvalue weighted by atomic mass is 15.3. The number of anilines is 1. The largest absolute Gasteiger partial charge is 0.366 e. The van der Waals surface area contributed by atoms with Crippen molar-refractivity contribution in [3.8, 4) is 0 Å². The molecule has 4 nitrogen and oxygen atoms in total. The number of hydrogen-bond donors (Lipinski definition) is 0. The Morgan fingerprint density at radius 1 is 1.20 bits per heavy atom. The van der Waals surface area contributed by atoms with Gasteiger partial charge in [-0.3, -0.25) is 4.99 Å². The third-order valence-electron chi connectivity index (χ3n) is 3.74. The molecule has 0 bridgehead atoms. The Hall–Kier alpha value is -1.71. The summed E-state index contributed by atoms with van der Waals surface area (Å²) in [5, 5.41) is 0. The molecule has 0 amide bonds. The van der Waals surface area contributed by atoms with Crippen molar-refractivity contribution in [2.75, 3.05) is 46.2 Å². The van der Waals surface area contributed by atoms with Gasteiger partial charge in [-0.1, -0.05) is 18.2 Å². The summed E-state index contributed by atoms with van der Waals surface area (Å²) in [6, 6.07) is 9.29. The molecule has 1 aliphatic rings. The van der Waals surface area contributed by atoms with Gasteiger partial charge < -0.3 is 14.7 Å². The van der Waals surface area contributed by atoms with Crippen LogP contribution in [0.3, 0.4) is 0 Å². The maximum atomic E-state index is 4.72. The van der Waals surface area contributed by atoms with Crippen LogP contribution in [0, 0.1) is 0 Å². The molecule has 2 rings (SSSR count). The Labute approximate surface area is 122 Å². The zero-order valence-electron chi connectivity index (χ0n) is 13.3. The van der Waals surface area contributed by atoms with E-state index >= 15 is 0 Å². The summed E-state index contributed by atoms with van der Waals surface area (Å²) in [5.74, 6) is 1.02. The molecule has 1 aromatic rings. The number of hydrogen-bond acceptors (Lipinski definition) is 2. The van der Waals surface area contributed by atoms with Crippen LogP contribution in [0.15, 0.2) is 29.3 Å². The second-order valence-electron chi connectivity index (χ2n) is 5.85. The van der Waals surface area contributed by atoms with E-state index in [9.17, 15) is 0 Å². The maximum Gasteiger partial charge on any atom is 0.195 e. The third kappa shape index (κ3) is 3.06. The molecule has 0 radical (unpaired) electrons. The summed E-state index contributed by atoms with van der Waals surface area (Å²) in [6.07, 6.45) is 1.15. The van der Waals surface area contributed by atoms with Gasteiger partial charge in [-0.25, -0.2) is 0 Å². The monoisotopic (exact) mass is 274 g/mol. The lowest BCUT2D eigenvalue weighted by molar-refractivity contribution is 0.479. The van der Waals surface area contributed by atoms with Gasteiger partial charge in [0, 0.05) is 46.5 Å². The predicted molar refractivity (Wildman–Crippen MR) is 86.6 cm³/mol. The molecule has 20 heavy (non-hydrogen) atoms. The number of nitrogens with zero attached hydrogens (tertiary/aromatic N) is 4. The van der Waals surface area contributed by atoms with E-state index in [1.807, 2.05) is 28.2 Å². The molecule has 0 spiro atoms. The molecule has 1 aliphatic heterocycles. The number of para-hydroxylation sites is 1. The summed E-state index contributed by atoms with van der Waals surface area (Å²) in [6.45, 7) is 4.09. The lowest BCUT2D eigenvalue weighted by atomic mass is 10.1. The van der Waals surface area contributed by atoms with Crippen LogP contribution in [0.2, 0.25) is 0 Å². The average molecular weight is 274 g/mol. The fourth-order valence-corrected chi connectivity index (χ4v) is 2.91. The summed E-state index contributed by atoms with van der Waals surface area (Å²) in [5.41, 5.74) is 2.84. The van der Waals surface area contributed by atoms with Crippen molar-refractivity contribution in [1.29, 1.82) is 0 Å². The highest BCUT2D eigenvalue weighted by molar-refractivity contribution is 5.79. The number of rotatable bonds is 3. The van der Waals surface area contributed by atoms with Crippen LogP contribution in [0.5, 0.6) is 0 Å². The van der Waals surface area contributed by atoms with Crippen LogP contribution in [-0.2, 0) is 6.42 Å². The second-order valence-corrected chi connectivity index (χ2v) is 5.85. The van der Waals surface area contributed by atoms with Gasteiger partial charge in [0.05, 0.1) is 6.54 Å². The minimum absolute atomic E-state index is 0.574. The van der Waals surface area contributed by atoms with Crippen LogP contribution in [0.25, 0.3) is 0 Å². The van der Waals surface area contributed by atoms with Gasteiger partial charge in [0.25, 0.3) is 0 Å². The smallest absolute Gasteiger partial charge is 0.195 e. The molecule has 1 unspecified atom stereocenters. The summed E-state index contributed by atoms with van der Waals surface area (Å²) in [4.78, 5) is 11.3. The molecule has 4 heteroatoms. The molecule has 0 N–H and O–H groups in total. The third-order valence-corrected chi connectivity index (χ3v) is 3.74. The Morgan fingerprint density at radius 2 is 1.85 bits per heavy atom. The Morgan fingerprint density at radius 3 is 2.50 bits per heavy atom. The van der Waals surface area contributed by atoms with E-state index in [2.05, 4.69) is 45.9 Å². The lowest BCUT2D eigenvalue weighted by Gasteiger charge is -2.26. The minimum atomic E-state index is 0.574. The van der Waals surface area contributed by atoms with Gasteiger partial charge in [-0.2, -0.15) is 0 Å². The standard InChI is InChI=1S/C16H26N4/c1-13-12-14-8-6-7-9-15(14)20(13)11-10-17-16(18(2)3)19(4)5/h6-9,13H,10-12H2,1-5H3. The van der Waals surface area contributed by atoms with Crippen molar-refractivity contribution in [3.63, 3.8) is 0 Å². The molecular weight excluding hydrogens is 248 g/mol. The normalized spacial score (nSPS) is 16.9. The molecule has 110 valence electrons. The second kappa shape index (κ2) is 6.16. The quantitative estimate of drug-likeness (QED) is 0.621. The highest BCUT2D eigenvalue weighted by Gasteiger charge is 2.24. The van der Waals surface area contributed by atoms with E-state index in [1.54, 1.807) is 0 Å². The van der Waals surface area contributed by atoms with Crippen molar-refractivity contribution in [2.45, 2.75) is 19.4 Å². The van der Waals surface area contributed by atoms with Crippen LogP contribution >= 0.6 is 0 Å². The van der Waals surface area contributed by atoms with Crippen LogP contribution < -0.4 is 4.90 Å². The highest BCUT2D eigenvalue weighted by Crippen LogP contribution is 2.31. The molecule has 0 aromatic heterocycles. The van der Waals surface area contributed by atoms with Gasteiger partial charge in [-0.05, 0) is 25.0 Å². The Balaban J connectivity index is 2.03. The van der Waals surface area contributed by atoms with Gasteiger partial charge in [-0.15, -0.1) is 0 Å². The van der Waals surface area contributed by atoms with E-state index in [1.165, 1.54) is 11.3 Å². The number of benzene rings is 1. The van der Waals surface area contributed by atoms with Crippen molar-refractivity contribution in [1.82, 2.24) is 9.80 Å². The Bertz CT molecular complexity index is 469. The average Bonchev–Trinajstić information content (AvgIpc) is 2.69. The van der Waals surface area contributed by atoms with Crippen molar-refractivity contribution < 1.29 is 0 Å². The zero-order valence-corrected chi connectivity index (χ0v) is 13.3. The molecule has 1 heterocycles. The summed E-state index contributed by atoms with van der Waals surface area (Å²) in [7, 11) is 8.14. The van der Waals surface area contributed by atoms with Crippen molar-refractivity contribution in [3.05, 3.63) is 29.8 Å². The first-order valence-electron chi connectivity index (χ1n) is 7.24. The van der Waals surface area contributed by atoms with Gasteiger partial charge in [0.15, 0.2) is 5.96 Å². The van der Waals surface area contributed by atoms with E-state index in [4.69, 9.17) is 4.99 Å². The molecule has 0 saturated heterocycles. The molecule has 1 atom stereocenters. The summed E-state index contributed by atoms with van der Waals surface area (Å²) >= 11 is 0. The fraction of sp³-hybridized carbons (Fsp3) is 0.562. The van der Waals surface area contributed by atoms with Crippen molar-refractivity contribution >= 4 is 11.6 Å². The van der Waals surface area contributed by atoms with E-state index in [0.29, 0.717) is 6.04 Å². The number of aliphatic imine (C=N–C) groups is 1.